The molecule has 0 aliphatic rings. The molecule has 14 nitrogen and oxygen atoms in total. The van der Waals surface area contributed by atoms with E-state index in [1.807, 2.05) is 0 Å². The monoisotopic (exact) mass is 740 g/mol. The molecule has 0 saturated heterocycles. The third-order valence-electron chi connectivity index (χ3n) is 8.01. The van der Waals surface area contributed by atoms with E-state index in [0.717, 1.165) is 0 Å². The van der Waals surface area contributed by atoms with Crippen LogP contribution >= 0.6 is 0 Å². The SMILES string of the molecule is O=C(OC[C@@H](OC(=O)c1ccccc1)[C@H](OC(=O)c1ccccc1)[C@H](OC(=O)c1ccccc1)[C@H](OC(=O)c1ccccc1)c1nn[nH]n1)c1ccccc1. The molecule has 0 fully saturated rings. The molecule has 276 valence electrons. The van der Waals surface area contributed by atoms with Crippen molar-refractivity contribution in [3.05, 3.63) is 185 Å². The van der Waals surface area contributed by atoms with Crippen LogP contribution < -0.4 is 0 Å². The molecule has 0 saturated carbocycles. The highest BCUT2D eigenvalue weighted by molar-refractivity contribution is 5.92. The van der Waals surface area contributed by atoms with Gasteiger partial charge in [0.25, 0.3) is 0 Å². The van der Waals surface area contributed by atoms with E-state index in [2.05, 4.69) is 20.6 Å². The van der Waals surface area contributed by atoms with Gasteiger partial charge in [-0.3, -0.25) is 0 Å². The fourth-order valence-electron chi connectivity index (χ4n) is 5.29. The van der Waals surface area contributed by atoms with Crippen LogP contribution in [0.3, 0.4) is 0 Å². The Kier molecular flexibility index (Phi) is 12.4. The molecule has 1 aromatic heterocycles. The molecule has 0 radical (unpaired) electrons. The smallest absolute Gasteiger partial charge is 0.338 e. The van der Waals surface area contributed by atoms with Crippen LogP contribution in [0.4, 0.5) is 0 Å². The molecule has 0 aliphatic carbocycles. The molecule has 0 spiro atoms. The highest BCUT2D eigenvalue weighted by Gasteiger charge is 2.48. The first-order valence-corrected chi connectivity index (χ1v) is 16.9. The Hall–Kier alpha value is -7.48. The zero-order chi connectivity index (χ0) is 38.4. The minimum atomic E-state index is -1.88. The maximum Gasteiger partial charge on any atom is 0.338 e. The van der Waals surface area contributed by atoms with Crippen LogP contribution in [0, 0.1) is 0 Å². The Labute approximate surface area is 314 Å². The zero-order valence-corrected chi connectivity index (χ0v) is 28.9. The number of hydrogen-bond acceptors (Lipinski definition) is 13. The summed E-state index contributed by atoms with van der Waals surface area (Å²) in [5.41, 5.74) is 0.494. The van der Waals surface area contributed by atoms with Crippen molar-refractivity contribution in [2.24, 2.45) is 0 Å². The first-order valence-electron chi connectivity index (χ1n) is 16.9. The van der Waals surface area contributed by atoms with Crippen molar-refractivity contribution in [3.63, 3.8) is 0 Å². The molecule has 4 atom stereocenters. The third kappa shape index (κ3) is 9.90. The summed E-state index contributed by atoms with van der Waals surface area (Å²) in [7, 11) is 0. The number of nitrogens with zero attached hydrogens (tertiary/aromatic N) is 3. The van der Waals surface area contributed by atoms with Crippen LogP contribution in [-0.2, 0) is 23.7 Å². The van der Waals surface area contributed by atoms with Gasteiger partial charge in [0.2, 0.25) is 11.9 Å². The van der Waals surface area contributed by atoms with Crippen LogP contribution in [0.5, 0.6) is 0 Å². The minimum absolute atomic E-state index is 0.0624. The highest BCUT2D eigenvalue weighted by atomic mass is 16.6. The number of tetrazole rings is 1. The standard InChI is InChI=1S/C41H32N4O10/c46-37(27-16-6-1-7-17-27)51-26-32(52-38(47)28-18-8-2-9-19-28)33(53-39(48)29-20-10-3-11-21-29)34(54-40(49)30-22-12-4-13-23-30)35(36-42-44-45-43-36)55-41(50)31-24-14-5-15-25-31/h1-25,32-35H,26H2,(H,42,43,44,45)/t32-,33+,34+,35+/m1/s1. The normalized spacial score (nSPS) is 12.9. The fraction of sp³-hybridized carbons (Fsp3) is 0.122. The summed E-state index contributed by atoms with van der Waals surface area (Å²) < 4.78 is 29.7. The molecule has 14 heteroatoms. The lowest BCUT2D eigenvalue weighted by molar-refractivity contribution is -0.134. The van der Waals surface area contributed by atoms with Crippen molar-refractivity contribution in [2.45, 2.75) is 24.4 Å². The first-order chi connectivity index (χ1) is 26.9. The summed E-state index contributed by atoms with van der Waals surface area (Å²) in [5, 5.41) is 13.9. The summed E-state index contributed by atoms with van der Waals surface area (Å²) in [6.07, 6.45) is -7.24. The Morgan fingerprint density at radius 1 is 0.455 bits per heavy atom. The Balaban J connectivity index is 1.48. The van der Waals surface area contributed by atoms with E-state index in [4.69, 9.17) is 23.7 Å². The molecule has 1 N–H and O–H groups in total. The van der Waals surface area contributed by atoms with Gasteiger partial charge in [0.05, 0.1) is 27.8 Å². The Bertz CT molecular complexity index is 2170. The minimum Gasteiger partial charge on any atom is -0.458 e. The molecule has 0 amide bonds. The predicted octanol–water partition coefficient (Wildman–Crippen LogP) is 5.63. The number of carbonyl (C=O) groups is 5. The van der Waals surface area contributed by atoms with E-state index in [9.17, 15) is 24.0 Å². The lowest BCUT2D eigenvalue weighted by Gasteiger charge is -2.35. The van der Waals surface area contributed by atoms with E-state index in [-0.39, 0.29) is 33.6 Å². The summed E-state index contributed by atoms with van der Waals surface area (Å²) in [5.74, 6) is -4.83. The largest absolute Gasteiger partial charge is 0.458 e. The number of H-pyrrole nitrogens is 1. The van der Waals surface area contributed by atoms with Crippen LogP contribution in [0.15, 0.2) is 152 Å². The van der Waals surface area contributed by atoms with Gasteiger partial charge in [-0.15, -0.1) is 10.2 Å². The Morgan fingerprint density at radius 3 is 1.22 bits per heavy atom. The first kappa shape index (κ1) is 37.3. The Morgan fingerprint density at radius 2 is 0.818 bits per heavy atom. The van der Waals surface area contributed by atoms with Gasteiger partial charge < -0.3 is 23.7 Å². The van der Waals surface area contributed by atoms with Gasteiger partial charge in [-0.25, -0.2) is 24.0 Å². The number of benzene rings is 5. The zero-order valence-electron chi connectivity index (χ0n) is 28.9. The van der Waals surface area contributed by atoms with E-state index in [1.54, 1.807) is 91.0 Å². The van der Waals surface area contributed by atoms with Crippen molar-refractivity contribution in [1.82, 2.24) is 20.6 Å². The number of nitrogens with one attached hydrogen (secondary N) is 1. The van der Waals surface area contributed by atoms with Crippen molar-refractivity contribution in [2.75, 3.05) is 6.61 Å². The van der Waals surface area contributed by atoms with Gasteiger partial charge in [0, 0.05) is 0 Å². The number of ether oxygens (including phenoxy) is 5. The maximum atomic E-state index is 13.9. The van der Waals surface area contributed by atoms with Gasteiger partial charge in [-0.2, -0.15) is 5.21 Å². The van der Waals surface area contributed by atoms with Gasteiger partial charge in [-0.1, -0.05) is 96.2 Å². The molecular formula is C41H32N4O10. The van der Waals surface area contributed by atoms with Crippen molar-refractivity contribution in [1.29, 1.82) is 0 Å². The molecule has 55 heavy (non-hydrogen) atoms. The van der Waals surface area contributed by atoms with Crippen molar-refractivity contribution >= 4 is 29.8 Å². The van der Waals surface area contributed by atoms with Gasteiger partial charge in [0.15, 0.2) is 18.3 Å². The second-order valence-electron chi connectivity index (χ2n) is 11.7. The fourth-order valence-corrected chi connectivity index (χ4v) is 5.29. The molecule has 6 aromatic rings. The summed E-state index contributed by atoms with van der Waals surface area (Å²) in [6.45, 7) is -0.732. The average Bonchev–Trinajstić information content (AvgIpc) is 3.79. The molecule has 0 unspecified atom stereocenters. The molecule has 6 rings (SSSR count). The molecule has 0 bridgehead atoms. The van der Waals surface area contributed by atoms with Crippen molar-refractivity contribution in [3.8, 4) is 0 Å². The molecule has 1 heterocycles. The number of rotatable bonds is 15. The van der Waals surface area contributed by atoms with Gasteiger partial charge in [-0.05, 0) is 60.7 Å². The van der Waals surface area contributed by atoms with Crippen LogP contribution in [0.2, 0.25) is 0 Å². The van der Waals surface area contributed by atoms with Gasteiger partial charge in [0.1, 0.15) is 6.61 Å². The number of aromatic amines is 1. The number of hydrogen-bond donors (Lipinski definition) is 1. The van der Waals surface area contributed by atoms with E-state index < -0.39 is 60.9 Å². The lowest BCUT2D eigenvalue weighted by Crippen LogP contribution is -2.51. The second kappa shape index (κ2) is 18.3. The summed E-state index contributed by atoms with van der Waals surface area (Å²) in [6, 6.07) is 39.4. The molecule has 5 aromatic carbocycles. The van der Waals surface area contributed by atoms with Crippen LogP contribution in [-0.4, -0.2) is 75.4 Å². The van der Waals surface area contributed by atoms with Gasteiger partial charge >= 0.3 is 29.8 Å². The average molecular weight is 741 g/mol. The number of carbonyl (C=O) groups excluding carboxylic acids is 5. The van der Waals surface area contributed by atoms with Crippen LogP contribution in [0.25, 0.3) is 0 Å². The van der Waals surface area contributed by atoms with E-state index >= 15 is 0 Å². The lowest BCUT2D eigenvalue weighted by atomic mass is 10.0. The molecular weight excluding hydrogens is 708 g/mol. The topological polar surface area (TPSA) is 186 Å². The molecule has 0 aliphatic heterocycles. The second-order valence-corrected chi connectivity index (χ2v) is 11.7. The third-order valence-corrected chi connectivity index (χ3v) is 8.01. The maximum absolute atomic E-state index is 13.9. The number of esters is 5. The highest BCUT2D eigenvalue weighted by Crippen LogP contribution is 2.31. The van der Waals surface area contributed by atoms with E-state index in [1.165, 1.54) is 60.7 Å². The summed E-state index contributed by atoms with van der Waals surface area (Å²) in [4.78, 5) is 68.5. The predicted molar refractivity (Wildman–Crippen MR) is 192 cm³/mol. The van der Waals surface area contributed by atoms with Crippen LogP contribution in [0.1, 0.15) is 63.7 Å². The quantitative estimate of drug-likeness (QED) is 0.101. The van der Waals surface area contributed by atoms with Crippen molar-refractivity contribution < 1.29 is 47.7 Å². The number of aromatic nitrogens is 4. The summed E-state index contributed by atoms with van der Waals surface area (Å²) >= 11 is 0. The van der Waals surface area contributed by atoms with E-state index in [0.29, 0.717) is 0 Å².